The first kappa shape index (κ1) is 19.1. The van der Waals surface area contributed by atoms with Crippen molar-refractivity contribution in [2.24, 2.45) is 0 Å². The Morgan fingerprint density at radius 2 is 2.16 bits per heavy atom. The molecule has 0 saturated carbocycles. The first-order valence-corrected chi connectivity index (χ1v) is 7.89. The van der Waals surface area contributed by atoms with E-state index in [1.54, 1.807) is 12.1 Å². The number of nitriles is 1. The van der Waals surface area contributed by atoms with Gasteiger partial charge in [-0.3, -0.25) is 9.69 Å². The van der Waals surface area contributed by atoms with Crippen LogP contribution in [0.5, 0.6) is 5.75 Å². The number of nitrogens with zero attached hydrogens (tertiary/aromatic N) is 2. The van der Waals surface area contributed by atoms with Gasteiger partial charge in [0.05, 0.1) is 12.7 Å². The van der Waals surface area contributed by atoms with Gasteiger partial charge in [0.1, 0.15) is 17.9 Å². The predicted octanol–water partition coefficient (Wildman–Crippen LogP) is 2.60. The Balaban J connectivity index is 2.22. The second-order valence-electron chi connectivity index (χ2n) is 6.11. The van der Waals surface area contributed by atoms with Crippen molar-refractivity contribution < 1.29 is 22.7 Å². The van der Waals surface area contributed by atoms with E-state index in [1.165, 1.54) is 25.0 Å². The average molecular weight is 355 g/mol. The summed E-state index contributed by atoms with van der Waals surface area (Å²) in [5, 5.41) is 11.8. The van der Waals surface area contributed by atoms with E-state index in [4.69, 9.17) is 10.00 Å². The van der Waals surface area contributed by atoms with Gasteiger partial charge in [0.25, 0.3) is 0 Å². The van der Waals surface area contributed by atoms with Gasteiger partial charge < -0.3 is 10.1 Å². The lowest BCUT2D eigenvalue weighted by Gasteiger charge is -2.40. The van der Waals surface area contributed by atoms with E-state index in [0.29, 0.717) is 11.3 Å². The van der Waals surface area contributed by atoms with Crippen molar-refractivity contribution in [3.63, 3.8) is 0 Å². The highest BCUT2D eigenvalue weighted by atomic mass is 19.4. The lowest BCUT2D eigenvalue weighted by Crippen LogP contribution is -2.55. The summed E-state index contributed by atoms with van der Waals surface area (Å²) in [6.07, 6.45) is -4.13. The summed E-state index contributed by atoms with van der Waals surface area (Å²) >= 11 is 0. The number of halogens is 3. The van der Waals surface area contributed by atoms with Crippen molar-refractivity contribution in [2.75, 3.05) is 13.7 Å². The van der Waals surface area contributed by atoms with Crippen molar-refractivity contribution >= 4 is 5.91 Å². The Labute approximate surface area is 144 Å². The number of amides is 1. The molecule has 0 bridgehead atoms. The molecule has 2 atom stereocenters. The molecule has 0 aromatic heterocycles. The van der Waals surface area contributed by atoms with Crippen LogP contribution in [0, 0.1) is 11.3 Å². The van der Waals surface area contributed by atoms with Crippen LogP contribution >= 0.6 is 0 Å². The normalized spacial score (nSPS) is 21.4. The first-order chi connectivity index (χ1) is 11.7. The largest absolute Gasteiger partial charge is 0.495 e. The number of carbonyl (C=O) groups excluding carboxylic acids is 1. The summed E-state index contributed by atoms with van der Waals surface area (Å²) in [7, 11) is 1.43. The minimum absolute atomic E-state index is 0.0406. The molecule has 2 unspecified atom stereocenters. The van der Waals surface area contributed by atoms with Gasteiger partial charge in [0.15, 0.2) is 0 Å². The molecule has 2 rings (SSSR count). The van der Waals surface area contributed by atoms with Crippen molar-refractivity contribution in [2.45, 2.75) is 44.6 Å². The van der Waals surface area contributed by atoms with Crippen molar-refractivity contribution in [3.8, 4) is 11.8 Å². The molecule has 1 aromatic carbocycles. The van der Waals surface area contributed by atoms with Gasteiger partial charge in [0.2, 0.25) is 5.91 Å². The molecule has 1 aliphatic rings. The highest BCUT2D eigenvalue weighted by molar-refractivity contribution is 5.73. The quantitative estimate of drug-likeness (QED) is 0.902. The van der Waals surface area contributed by atoms with Gasteiger partial charge in [-0.2, -0.15) is 18.4 Å². The van der Waals surface area contributed by atoms with E-state index >= 15 is 0 Å². The standard InChI is InChI=1S/C17H20F3N3O2/c1-11(24)22-14-4-6-16(17(18,19)20)23(10-14)9-12-3-5-15(25-2)13(7-12)8-21/h3,5,7,14,16H,4,6,9-10H2,1-2H3,(H,22,24). The molecule has 1 saturated heterocycles. The van der Waals surface area contributed by atoms with Crippen LogP contribution in [-0.2, 0) is 11.3 Å². The van der Waals surface area contributed by atoms with Crippen molar-refractivity contribution in [1.82, 2.24) is 10.2 Å². The van der Waals surface area contributed by atoms with Crippen molar-refractivity contribution in [1.29, 1.82) is 5.26 Å². The third-order valence-electron chi connectivity index (χ3n) is 4.24. The number of nitrogens with one attached hydrogen (secondary N) is 1. The molecule has 0 aliphatic carbocycles. The molecule has 0 spiro atoms. The predicted molar refractivity (Wildman–Crippen MR) is 84.8 cm³/mol. The molecule has 1 aromatic rings. The first-order valence-electron chi connectivity index (χ1n) is 7.89. The summed E-state index contributed by atoms with van der Waals surface area (Å²) in [4.78, 5) is 12.5. The monoisotopic (exact) mass is 355 g/mol. The third-order valence-corrected chi connectivity index (χ3v) is 4.24. The van der Waals surface area contributed by atoms with Crippen LogP contribution in [-0.4, -0.2) is 42.7 Å². The van der Waals surface area contributed by atoms with Crippen LogP contribution in [0.1, 0.15) is 30.9 Å². The van der Waals surface area contributed by atoms with Crippen LogP contribution in [0.4, 0.5) is 13.2 Å². The fourth-order valence-corrected chi connectivity index (χ4v) is 3.17. The van der Waals surface area contributed by atoms with E-state index < -0.39 is 12.2 Å². The second kappa shape index (κ2) is 7.74. The Morgan fingerprint density at radius 1 is 1.44 bits per heavy atom. The van der Waals surface area contributed by atoms with Gasteiger partial charge in [-0.05, 0) is 30.5 Å². The zero-order valence-corrected chi connectivity index (χ0v) is 14.1. The van der Waals surface area contributed by atoms with Gasteiger partial charge in [0, 0.05) is 26.1 Å². The van der Waals surface area contributed by atoms with Gasteiger partial charge >= 0.3 is 6.18 Å². The molecule has 1 fully saturated rings. The number of hydrogen-bond donors (Lipinski definition) is 1. The number of methoxy groups -OCH3 is 1. The highest BCUT2D eigenvalue weighted by Gasteiger charge is 2.46. The summed E-state index contributed by atoms with van der Waals surface area (Å²) in [6.45, 7) is 1.50. The van der Waals surface area contributed by atoms with Crippen LogP contribution in [0.25, 0.3) is 0 Å². The van der Waals surface area contributed by atoms with E-state index in [2.05, 4.69) is 5.32 Å². The van der Waals surface area contributed by atoms with E-state index in [0.717, 1.165) is 0 Å². The Kier molecular flexibility index (Phi) is 5.90. The van der Waals surface area contributed by atoms with Gasteiger partial charge in [-0.25, -0.2) is 0 Å². The molecule has 1 aliphatic heterocycles. The smallest absolute Gasteiger partial charge is 0.404 e. The van der Waals surface area contributed by atoms with Crippen LogP contribution in [0.15, 0.2) is 18.2 Å². The molecule has 25 heavy (non-hydrogen) atoms. The summed E-state index contributed by atoms with van der Waals surface area (Å²) in [5.74, 6) is 0.125. The van der Waals surface area contributed by atoms with E-state index in [-0.39, 0.29) is 43.4 Å². The molecular formula is C17H20F3N3O2. The lowest BCUT2D eigenvalue weighted by atomic mass is 9.96. The number of rotatable bonds is 4. The van der Waals surface area contributed by atoms with Crippen LogP contribution in [0.2, 0.25) is 0 Å². The average Bonchev–Trinajstić information content (AvgIpc) is 2.53. The Hall–Kier alpha value is -2.27. The lowest BCUT2D eigenvalue weighted by molar-refractivity contribution is -0.194. The highest BCUT2D eigenvalue weighted by Crippen LogP contribution is 2.33. The summed E-state index contributed by atoms with van der Waals surface area (Å²) in [6, 6.07) is 4.86. The minimum atomic E-state index is -4.34. The molecule has 1 N–H and O–H groups in total. The molecule has 136 valence electrons. The number of carbonyl (C=O) groups is 1. The van der Waals surface area contributed by atoms with Gasteiger partial charge in [-0.15, -0.1) is 0 Å². The maximum absolute atomic E-state index is 13.3. The molecule has 1 heterocycles. The molecule has 0 radical (unpaired) electrons. The molecular weight excluding hydrogens is 335 g/mol. The number of hydrogen-bond acceptors (Lipinski definition) is 4. The third kappa shape index (κ3) is 4.86. The second-order valence-corrected chi connectivity index (χ2v) is 6.11. The Morgan fingerprint density at radius 3 is 2.72 bits per heavy atom. The zero-order valence-electron chi connectivity index (χ0n) is 14.1. The van der Waals surface area contributed by atoms with Crippen LogP contribution < -0.4 is 10.1 Å². The number of likely N-dealkylation sites (tertiary alicyclic amines) is 1. The minimum Gasteiger partial charge on any atom is -0.495 e. The van der Waals surface area contributed by atoms with Crippen LogP contribution in [0.3, 0.4) is 0 Å². The zero-order chi connectivity index (χ0) is 18.6. The topological polar surface area (TPSA) is 65.4 Å². The Bertz CT molecular complexity index is 670. The summed E-state index contributed by atoms with van der Waals surface area (Å²) in [5.41, 5.74) is 0.869. The molecule has 5 nitrogen and oxygen atoms in total. The maximum Gasteiger partial charge on any atom is 0.404 e. The van der Waals surface area contributed by atoms with Crippen molar-refractivity contribution in [3.05, 3.63) is 29.3 Å². The number of alkyl halides is 3. The summed E-state index contributed by atoms with van der Waals surface area (Å²) < 4.78 is 45.1. The SMILES string of the molecule is COc1ccc(CN2CC(NC(C)=O)CCC2C(F)(F)F)cc1C#N. The number of benzene rings is 1. The molecule has 8 heteroatoms. The maximum atomic E-state index is 13.3. The fraction of sp³-hybridized carbons (Fsp3) is 0.529. The van der Waals surface area contributed by atoms with E-state index in [9.17, 15) is 18.0 Å². The van der Waals surface area contributed by atoms with E-state index in [1.807, 2.05) is 6.07 Å². The number of ether oxygens (including phenoxy) is 1. The number of piperidine rings is 1. The molecule has 1 amide bonds. The van der Waals surface area contributed by atoms with Gasteiger partial charge in [-0.1, -0.05) is 6.07 Å². The fourth-order valence-electron chi connectivity index (χ4n) is 3.17.